The van der Waals surface area contributed by atoms with E-state index < -0.39 is 0 Å². The molecule has 208 valence electrons. The number of carbonyl (C=O) groups excluding carboxylic acids is 1. The lowest BCUT2D eigenvalue weighted by atomic mass is 9.62. The van der Waals surface area contributed by atoms with Crippen molar-refractivity contribution in [2.75, 3.05) is 13.1 Å². The quantitative estimate of drug-likeness (QED) is 0.253. The number of nitrogens with one attached hydrogen (secondary N) is 2. The van der Waals surface area contributed by atoms with Crippen LogP contribution in [0.4, 0.5) is 0 Å². The molecule has 2 bridgehead atoms. The van der Waals surface area contributed by atoms with E-state index in [1.807, 2.05) is 12.1 Å². The lowest BCUT2D eigenvalue weighted by molar-refractivity contribution is 0.0612. The van der Waals surface area contributed by atoms with Crippen LogP contribution < -0.4 is 10.6 Å². The molecule has 39 heavy (non-hydrogen) atoms. The summed E-state index contributed by atoms with van der Waals surface area (Å²) in [4.78, 5) is 13.3. The van der Waals surface area contributed by atoms with Crippen LogP contribution in [0.15, 0.2) is 42.5 Å². The molecule has 2 aromatic carbocycles. The number of amides is 1. The van der Waals surface area contributed by atoms with E-state index in [9.17, 15) is 4.79 Å². The highest BCUT2D eigenvalue weighted by Crippen LogP contribution is 2.45. The Morgan fingerprint density at radius 1 is 0.974 bits per heavy atom. The minimum Gasteiger partial charge on any atom is -0.349 e. The van der Waals surface area contributed by atoms with Crippen molar-refractivity contribution < 1.29 is 4.79 Å². The molecule has 5 unspecified atom stereocenters. The van der Waals surface area contributed by atoms with Crippen LogP contribution in [0.3, 0.4) is 0 Å². The second-order valence-electron chi connectivity index (χ2n) is 11.1. The molecule has 5 atom stereocenters. The van der Waals surface area contributed by atoms with Crippen molar-refractivity contribution in [3.8, 4) is 16.9 Å². The molecule has 1 aromatic heterocycles. The first-order chi connectivity index (χ1) is 18.7. The van der Waals surface area contributed by atoms with E-state index in [1.54, 1.807) is 35.0 Å². The second-order valence-corrected chi connectivity index (χ2v) is 12.8. The van der Waals surface area contributed by atoms with Gasteiger partial charge in [-0.15, -0.1) is 0 Å². The summed E-state index contributed by atoms with van der Waals surface area (Å²) in [5, 5.41) is 13.1. The molecule has 9 heteroatoms. The van der Waals surface area contributed by atoms with Crippen molar-refractivity contribution >= 4 is 52.3 Å². The molecule has 0 radical (unpaired) electrons. The summed E-state index contributed by atoms with van der Waals surface area (Å²) in [6.07, 6.45) is 6.51. The van der Waals surface area contributed by atoms with Gasteiger partial charge in [-0.3, -0.25) is 4.79 Å². The molecule has 5 rings (SSSR count). The summed E-state index contributed by atoms with van der Waals surface area (Å²) in [6.45, 7) is 5.88. The van der Waals surface area contributed by atoms with Gasteiger partial charge in [0.15, 0.2) is 5.69 Å². The Bertz CT molecular complexity index is 1320. The zero-order valence-corrected chi connectivity index (χ0v) is 25.2. The van der Waals surface area contributed by atoms with Crippen molar-refractivity contribution in [2.45, 2.75) is 52.0 Å². The van der Waals surface area contributed by atoms with Gasteiger partial charge in [-0.05, 0) is 79.7 Å². The molecular weight excluding hydrogens is 574 g/mol. The molecule has 2 aliphatic rings. The van der Waals surface area contributed by atoms with Crippen molar-refractivity contribution in [3.05, 3.63) is 68.2 Å². The zero-order chi connectivity index (χ0) is 27.7. The van der Waals surface area contributed by atoms with Crippen LogP contribution >= 0.6 is 46.4 Å². The summed E-state index contributed by atoms with van der Waals surface area (Å²) in [6, 6.07) is 12.8. The molecule has 0 spiro atoms. The van der Waals surface area contributed by atoms with E-state index >= 15 is 0 Å². The molecular formula is C30H34Cl4N4O. The normalized spacial score (nSPS) is 24.5. The Kier molecular flexibility index (Phi) is 9.14. The first-order valence-corrected chi connectivity index (χ1v) is 15.3. The average molecular weight is 608 g/mol. The maximum atomic E-state index is 13.3. The van der Waals surface area contributed by atoms with Crippen LogP contribution in [0.1, 0.15) is 56.4 Å². The van der Waals surface area contributed by atoms with Gasteiger partial charge in [0.2, 0.25) is 0 Å². The van der Waals surface area contributed by atoms with Gasteiger partial charge in [0.1, 0.15) is 5.02 Å². The van der Waals surface area contributed by atoms with Crippen LogP contribution in [-0.2, 0) is 0 Å². The topological polar surface area (TPSA) is 58.9 Å². The van der Waals surface area contributed by atoms with E-state index in [0.29, 0.717) is 51.5 Å². The molecule has 5 nitrogen and oxygen atoms in total. The highest BCUT2D eigenvalue weighted by molar-refractivity contribution is 6.37. The third-order valence-corrected chi connectivity index (χ3v) is 9.49. The largest absolute Gasteiger partial charge is 0.349 e. The van der Waals surface area contributed by atoms with Crippen molar-refractivity contribution in [2.24, 2.45) is 23.7 Å². The van der Waals surface area contributed by atoms with Crippen LogP contribution in [0.25, 0.3) is 16.9 Å². The van der Waals surface area contributed by atoms with E-state index in [2.05, 4.69) is 29.6 Å². The fraction of sp³-hybridized carbons (Fsp3) is 0.467. The summed E-state index contributed by atoms with van der Waals surface area (Å²) in [5.41, 5.74) is 2.01. The maximum Gasteiger partial charge on any atom is 0.273 e. The first-order valence-electron chi connectivity index (χ1n) is 13.8. The Hall–Kier alpha value is -1.76. The molecule has 2 N–H and O–H groups in total. The van der Waals surface area contributed by atoms with Gasteiger partial charge in [-0.1, -0.05) is 78.8 Å². The minimum atomic E-state index is -0.331. The smallest absolute Gasteiger partial charge is 0.273 e. The Labute approximate surface area is 250 Å². The minimum absolute atomic E-state index is 0.140. The van der Waals surface area contributed by atoms with E-state index in [0.717, 1.165) is 23.3 Å². The fourth-order valence-electron chi connectivity index (χ4n) is 6.73. The third kappa shape index (κ3) is 6.28. The number of hydrogen-bond donors (Lipinski definition) is 2. The molecule has 1 heterocycles. The van der Waals surface area contributed by atoms with Crippen LogP contribution in [-0.4, -0.2) is 34.8 Å². The standard InChI is InChI=1S/C30H34Cl4N4O/c1-3-19-14-18-12-17(2)13-21(15-18)27(19)35-10-11-36-30(39)28-26(34)29(20-4-6-22(31)7-5-20)38(37-28)25-9-8-23(32)16-24(25)33/h4-9,16-19,21,27,35H,3,10-15H2,1-2H3,(H,36,39). The predicted octanol–water partition coefficient (Wildman–Crippen LogP) is 8.32. The van der Waals surface area contributed by atoms with E-state index in [1.165, 1.54) is 32.1 Å². The molecule has 1 amide bonds. The van der Waals surface area contributed by atoms with Gasteiger partial charge >= 0.3 is 0 Å². The molecule has 0 aliphatic heterocycles. The molecule has 2 fully saturated rings. The van der Waals surface area contributed by atoms with E-state index in [-0.39, 0.29) is 16.6 Å². The SMILES string of the molecule is CCC1CC2CC(C)CC(C2)C1NCCNC(=O)c1nn(-c2ccc(Cl)cc2Cl)c(-c2ccc(Cl)cc2)c1Cl. The molecule has 2 saturated carbocycles. The highest BCUT2D eigenvalue weighted by atomic mass is 35.5. The number of rotatable bonds is 8. The van der Waals surface area contributed by atoms with Crippen molar-refractivity contribution in [1.82, 2.24) is 20.4 Å². The summed E-state index contributed by atoms with van der Waals surface area (Å²) in [7, 11) is 0. The number of benzene rings is 2. The number of nitrogens with zero attached hydrogens (tertiary/aromatic N) is 2. The van der Waals surface area contributed by atoms with Gasteiger partial charge in [0.25, 0.3) is 5.91 Å². The number of halogens is 4. The highest BCUT2D eigenvalue weighted by Gasteiger charge is 2.40. The van der Waals surface area contributed by atoms with Gasteiger partial charge in [-0.25, -0.2) is 4.68 Å². The van der Waals surface area contributed by atoms with Crippen LogP contribution in [0.5, 0.6) is 0 Å². The van der Waals surface area contributed by atoms with Crippen molar-refractivity contribution in [1.29, 1.82) is 0 Å². The Morgan fingerprint density at radius 2 is 1.72 bits per heavy atom. The first kappa shape index (κ1) is 28.8. The monoisotopic (exact) mass is 606 g/mol. The molecule has 0 saturated heterocycles. The average Bonchev–Trinajstić information content (AvgIpc) is 3.24. The zero-order valence-electron chi connectivity index (χ0n) is 22.2. The number of hydrogen-bond acceptors (Lipinski definition) is 3. The summed E-state index contributed by atoms with van der Waals surface area (Å²) < 4.78 is 1.59. The van der Waals surface area contributed by atoms with Crippen LogP contribution in [0.2, 0.25) is 20.1 Å². The maximum absolute atomic E-state index is 13.3. The lowest BCUT2D eigenvalue weighted by Crippen LogP contribution is -2.51. The number of fused-ring (bicyclic) bond motifs is 2. The fourth-order valence-corrected chi connectivity index (χ4v) is 7.66. The number of carbonyl (C=O) groups is 1. The van der Waals surface area contributed by atoms with E-state index in [4.69, 9.17) is 46.4 Å². The number of aromatic nitrogens is 2. The second kappa shape index (κ2) is 12.4. The third-order valence-electron chi connectivity index (χ3n) is 8.34. The summed E-state index contributed by atoms with van der Waals surface area (Å²) in [5.74, 6) is 2.78. The Morgan fingerprint density at radius 3 is 2.44 bits per heavy atom. The molecule has 3 aromatic rings. The predicted molar refractivity (Wildman–Crippen MR) is 162 cm³/mol. The van der Waals surface area contributed by atoms with Crippen LogP contribution in [0, 0.1) is 23.7 Å². The van der Waals surface area contributed by atoms with Gasteiger partial charge < -0.3 is 10.6 Å². The van der Waals surface area contributed by atoms with Gasteiger partial charge in [-0.2, -0.15) is 5.10 Å². The van der Waals surface area contributed by atoms with Crippen molar-refractivity contribution in [3.63, 3.8) is 0 Å². The van der Waals surface area contributed by atoms with Gasteiger partial charge in [0, 0.05) is 34.7 Å². The lowest BCUT2D eigenvalue weighted by Gasteiger charge is -2.47. The van der Waals surface area contributed by atoms with Gasteiger partial charge in [0.05, 0.1) is 16.4 Å². The Balaban J connectivity index is 1.32. The summed E-state index contributed by atoms with van der Waals surface area (Å²) >= 11 is 25.6. The molecule has 2 aliphatic carbocycles.